The van der Waals surface area contributed by atoms with E-state index in [2.05, 4.69) is 4.98 Å². The fourth-order valence-corrected chi connectivity index (χ4v) is 4.68. The van der Waals surface area contributed by atoms with Crippen molar-refractivity contribution < 1.29 is 14.3 Å². The van der Waals surface area contributed by atoms with Crippen molar-refractivity contribution in [2.45, 2.75) is 27.3 Å². The molecule has 0 unspecified atom stereocenters. The van der Waals surface area contributed by atoms with Crippen molar-refractivity contribution in [3.63, 3.8) is 0 Å². The number of hydrogen-bond acceptors (Lipinski definition) is 6. The van der Waals surface area contributed by atoms with Crippen LogP contribution >= 0.6 is 0 Å². The highest BCUT2D eigenvalue weighted by Gasteiger charge is 2.35. The van der Waals surface area contributed by atoms with Gasteiger partial charge < -0.3 is 4.74 Å². The monoisotopic (exact) mass is 529 g/mol. The Hall–Kier alpha value is -5.29. The molecule has 198 valence electrons. The summed E-state index contributed by atoms with van der Waals surface area (Å²) in [7, 11) is 0. The van der Waals surface area contributed by atoms with Crippen molar-refractivity contribution in [2.75, 3.05) is 6.61 Å². The lowest BCUT2D eigenvalue weighted by atomic mass is 9.92. The molecule has 2 aromatic carbocycles. The molecule has 2 aromatic heterocycles. The van der Waals surface area contributed by atoms with E-state index < -0.39 is 11.8 Å². The van der Waals surface area contributed by atoms with E-state index in [4.69, 9.17) is 9.84 Å². The van der Waals surface area contributed by atoms with Crippen molar-refractivity contribution in [3.8, 4) is 28.8 Å². The van der Waals surface area contributed by atoms with E-state index in [1.165, 1.54) is 0 Å². The van der Waals surface area contributed by atoms with Gasteiger partial charge in [-0.1, -0.05) is 24.3 Å². The third-order valence-electron chi connectivity index (χ3n) is 6.72. The minimum absolute atomic E-state index is 0.00936. The molecule has 0 N–H and O–H groups in total. The van der Waals surface area contributed by atoms with Crippen LogP contribution in [-0.4, -0.2) is 38.1 Å². The Bertz CT molecular complexity index is 1700. The molecular weight excluding hydrogens is 502 g/mol. The second-order valence-electron chi connectivity index (χ2n) is 9.35. The summed E-state index contributed by atoms with van der Waals surface area (Å²) in [5.41, 5.74) is 5.23. The average Bonchev–Trinajstić information content (AvgIpc) is 3.38. The van der Waals surface area contributed by atoms with E-state index in [0.29, 0.717) is 29.0 Å². The molecule has 2 amide bonds. The number of aryl methyl sites for hydroxylation is 1. The molecule has 4 aromatic rings. The van der Waals surface area contributed by atoms with Crippen LogP contribution in [0.15, 0.2) is 96.0 Å². The number of hydrogen-bond donors (Lipinski definition) is 0. The van der Waals surface area contributed by atoms with Gasteiger partial charge in [-0.25, -0.2) is 4.68 Å². The molecule has 0 fully saturated rings. The summed E-state index contributed by atoms with van der Waals surface area (Å²) in [4.78, 5) is 32.1. The zero-order chi connectivity index (χ0) is 28.2. The van der Waals surface area contributed by atoms with Gasteiger partial charge in [0.1, 0.15) is 23.1 Å². The molecule has 3 heterocycles. The first kappa shape index (κ1) is 26.3. The topological polar surface area (TPSA) is 101 Å². The van der Waals surface area contributed by atoms with Crippen molar-refractivity contribution in [2.24, 2.45) is 0 Å². The summed E-state index contributed by atoms with van der Waals surface area (Å²) in [5.74, 6) is -0.337. The van der Waals surface area contributed by atoms with Crippen LogP contribution in [0.3, 0.4) is 0 Å². The first-order chi connectivity index (χ1) is 19.4. The lowest BCUT2D eigenvalue weighted by molar-refractivity contribution is -0.141. The molecule has 0 radical (unpaired) electrons. The van der Waals surface area contributed by atoms with Gasteiger partial charge in [0.05, 0.1) is 18.8 Å². The number of carbonyl (C=O) groups is 2. The van der Waals surface area contributed by atoms with Crippen molar-refractivity contribution in [1.82, 2.24) is 19.7 Å². The standard InChI is InChI=1S/C32H27N5O3/c1-4-40-26-12-13-27(21(2)15-26)30-24(20-37(35-30)25-10-6-5-7-11-25)16-28-22(3)29(17-33)32(39)36(31(28)38)19-23-9-8-14-34-18-23/h5-16,18,20H,4,19H2,1-3H3/b28-16+. The van der Waals surface area contributed by atoms with Gasteiger partial charge in [0.2, 0.25) is 0 Å². The number of rotatable bonds is 7. The van der Waals surface area contributed by atoms with Crippen molar-refractivity contribution in [3.05, 3.63) is 113 Å². The first-order valence-electron chi connectivity index (χ1n) is 12.9. The van der Waals surface area contributed by atoms with Crippen molar-refractivity contribution >= 4 is 17.9 Å². The average molecular weight is 530 g/mol. The van der Waals surface area contributed by atoms with Crippen LogP contribution in [0.2, 0.25) is 0 Å². The fourth-order valence-electron chi connectivity index (χ4n) is 4.68. The molecule has 40 heavy (non-hydrogen) atoms. The lowest BCUT2D eigenvalue weighted by Gasteiger charge is -2.27. The number of nitrogens with zero attached hydrogens (tertiary/aromatic N) is 5. The Morgan fingerprint density at radius 3 is 2.50 bits per heavy atom. The molecule has 0 atom stereocenters. The van der Waals surface area contributed by atoms with Gasteiger partial charge in [0.15, 0.2) is 0 Å². The largest absolute Gasteiger partial charge is 0.494 e. The first-order valence-corrected chi connectivity index (χ1v) is 12.9. The molecule has 8 nitrogen and oxygen atoms in total. The number of ether oxygens (including phenoxy) is 1. The van der Waals surface area contributed by atoms with Crippen LogP contribution in [0.25, 0.3) is 23.0 Å². The van der Waals surface area contributed by atoms with Crippen LogP contribution < -0.4 is 4.74 Å². The summed E-state index contributed by atoms with van der Waals surface area (Å²) in [5, 5.41) is 14.7. The van der Waals surface area contributed by atoms with Crippen LogP contribution in [0.4, 0.5) is 0 Å². The van der Waals surface area contributed by atoms with E-state index in [9.17, 15) is 14.9 Å². The summed E-state index contributed by atoms with van der Waals surface area (Å²) in [6, 6.07) is 21.0. The molecule has 0 saturated carbocycles. The number of carbonyl (C=O) groups excluding carboxylic acids is 2. The molecule has 0 bridgehead atoms. The Balaban J connectivity index is 1.66. The molecular formula is C32H27N5O3. The Morgan fingerprint density at radius 2 is 1.82 bits per heavy atom. The zero-order valence-corrected chi connectivity index (χ0v) is 22.5. The van der Waals surface area contributed by atoms with Gasteiger partial charge in [-0.05, 0) is 79.9 Å². The molecule has 0 spiro atoms. The molecule has 0 saturated heterocycles. The van der Waals surface area contributed by atoms with Crippen LogP contribution in [0.1, 0.15) is 30.5 Å². The Kier molecular flexibility index (Phi) is 7.38. The Morgan fingerprint density at radius 1 is 1.02 bits per heavy atom. The van der Waals surface area contributed by atoms with Crippen LogP contribution in [-0.2, 0) is 16.1 Å². The van der Waals surface area contributed by atoms with E-state index >= 15 is 0 Å². The molecule has 0 aliphatic carbocycles. The quantitative estimate of drug-likeness (QED) is 0.234. The minimum atomic E-state index is -0.617. The number of para-hydroxylation sites is 1. The maximum atomic E-state index is 13.8. The third kappa shape index (κ3) is 5.05. The van der Waals surface area contributed by atoms with Crippen LogP contribution in [0.5, 0.6) is 5.75 Å². The summed E-state index contributed by atoms with van der Waals surface area (Å²) in [6.07, 6.45) is 6.78. The predicted molar refractivity (Wildman–Crippen MR) is 151 cm³/mol. The number of imide groups is 1. The van der Waals surface area contributed by atoms with Gasteiger partial charge >= 0.3 is 0 Å². The molecule has 8 heteroatoms. The highest BCUT2D eigenvalue weighted by molar-refractivity contribution is 6.19. The number of pyridine rings is 1. The lowest BCUT2D eigenvalue weighted by Crippen LogP contribution is -2.42. The maximum Gasteiger partial charge on any atom is 0.271 e. The molecule has 1 aliphatic heterocycles. The Labute approximate surface area is 232 Å². The predicted octanol–water partition coefficient (Wildman–Crippen LogP) is 5.43. The zero-order valence-electron chi connectivity index (χ0n) is 22.5. The normalized spacial score (nSPS) is 14.6. The van der Waals surface area contributed by atoms with Crippen molar-refractivity contribution in [1.29, 1.82) is 5.26 Å². The smallest absolute Gasteiger partial charge is 0.271 e. The second kappa shape index (κ2) is 11.2. The van der Waals surface area contributed by atoms with Gasteiger partial charge in [-0.3, -0.25) is 19.5 Å². The van der Waals surface area contributed by atoms with Gasteiger partial charge in [-0.15, -0.1) is 0 Å². The number of benzene rings is 2. The summed E-state index contributed by atoms with van der Waals surface area (Å²) < 4.78 is 7.42. The number of aromatic nitrogens is 3. The summed E-state index contributed by atoms with van der Waals surface area (Å²) >= 11 is 0. The SMILES string of the molecule is CCOc1ccc(-c2nn(-c3ccccc3)cc2/C=C2/C(=O)N(Cc3cccnc3)C(=O)C(C#N)=C2C)c(C)c1. The van der Waals surface area contributed by atoms with E-state index in [0.717, 1.165) is 27.5 Å². The maximum absolute atomic E-state index is 13.8. The fraction of sp³-hybridized carbons (Fsp3) is 0.156. The van der Waals surface area contributed by atoms with E-state index in [-0.39, 0.29) is 17.7 Å². The second-order valence-corrected chi connectivity index (χ2v) is 9.35. The van der Waals surface area contributed by atoms with Gasteiger partial charge in [-0.2, -0.15) is 10.4 Å². The summed E-state index contributed by atoms with van der Waals surface area (Å²) in [6.45, 7) is 6.11. The van der Waals surface area contributed by atoms with Gasteiger partial charge in [0, 0.05) is 35.3 Å². The van der Waals surface area contributed by atoms with Gasteiger partial charge in [0.25, 0.3) is 11.8 Å². The van der Waals surface area contributed by atoms with Crippen LogP contribution in [0, 0.1) is 18.3 Å². The van der Waals surface area contributed by atoms with E-state index in [1.807, 2.05) is 74.6 Å². The third-order valence-corrected chi connectivity index (χ3v) is 6.72. The minimum Gasteiger partial charge on any atom is -0.494 e. The molecule has 1 aliphatic rings. The number of nitriles is 1. The highest BCUT2D eigenvalue weighted by atomic mass is 16.5. The van der Waals surface area contributed by atoms with E-state index in [1.54, 1.807) is 42.2 Å². The highest BCUT2D eigenvalue weighted by Crippen LogP contribution is 2.34. The molecule has 5 rings (SSSR count). The number of amides is 2.